The second kappa shape index (κ2) is 6.29. The van der Waals surface area contributed by atoms with Crippen LogP contribution in [-0.2, 0) is 9.53 Å². The smallest absolute Gasteiger partial charge is 0.254 e. The van der Waals surface area contributed by atoms with E-state index in [-0.39, 0.29) is 40.9 Å². The summed E-state index contributed by atoms with van der Waals surface area (Å²) in [6.45, 7) is 0.850. The molecule has 0 unspecified atom stereocenters. The van der Waals surface area contributed by atoms with E-state index in [0.717, 1.165) is 11.6 Å². The fraction of sp³-hybridized carbons (Fsp3) is 0.333. The molecule has 0 aromatic heterocycles. The van der Waals surface area contributed by atoms with E-state index in [0.29, 0.717) is 19.6 Å². The average Bonchev–Trinajstić information content (AvgIpc) is 3.30. The van der Waals surface area contributed by atoms with E-state index in [1.807, 2.05) is 35.2 Å². The molecular weight excluding hydrogens is 383 g/mol. The van der Waals surface area contributed by atoms with Crippen molar-refractivity contribution in [2.45, 2.75) is 30.7 Å². The van der Waals surface area contributed by atoms with Gasteiger partial charge in [0.25, 0.3) is 5.91 Å². The quantitative estimate of drug-likeness (QED) is 0.776. The van der Waals surface area contributed by atoms with Gasteiger partial charge >= 0.3 is 0 Å². The predicted octanol–water partition coefficient (Wildman–Crippen LogP) is 3.39. The number of amides is 2. The minimum absolute atomic E-state index is 0.0221. The van der Waals surface area contributed by atoms with Crippen LogP contribution in [0.3, 0.4) is 0 Å². The van der Waals surface area contributed by atoms with Gasteiger partial charge in [0, 0.05) is 23.6 Å². The molecule has 5 rings (SSSR count). The summed E-state index contributed by atoms with van der Waals surface area (Å²) in [5.74, 6) is -0.911. The molecule has 3 aliphatic rings. The Morgan fingerprint density at radius 2 is 2.00 bits per heavy atom. The molecule has 0 radical (unpaired) electrons. The molecule has 3 aliphatic heterocycles. The monoisotopic (exact) mass is 400 g/mol. The third-order valence-electron chi connectivity index (χ3n) is 6.01. The maximum atomic E-state index is 13.7. The van der Waals surface area contributed by atoms with Crippen molar-refractivity contribution >= 4 is 23.4 Å². The van der Waals surface area contributed by atoms with Crippen LogP contribution >= 0.6 is 11.6 Å². The van der Waals surface area contributed by atoms with Crippen LogP contribution in [0.5, 0.6) is 0 Å². The first-order valence-electron chi connectivity index (χ1n) is 9.28. The SMILES string of the molecule is O=C(c1cc(F)cc(Cl)c1)N1CC[C@@]23OC[C@@H](c4ccccc4)N2C(=O)C[C@@H]13. The predicted molar refractivity (Wildman–Crippen MR) is 100 cm³/mol. The van der Waals surface area contributed by atoms with Gasteiger partial charge in [-0.05, 0) is 23.8 Å². The van der Waals surface area contributed by atoms with Gasteiger partial charge in [-0.25, -0.2) is 4.39 Å². The average molecular weight is 401 g/mol. The summed E-state index contributed by atoms with van der Waals surface area (Å²) in [5.41, 5.74) is 0.408. The van der Waals surface area contributed by atoms with Crippen molar-refractivity contribution in [1.29, 1.82) is 0 Å². The number of benzene rings is 2. The van der Waals surface area contributed by atoms with Gasteiger partial charge in [0.2, 0.25) is 5.91 Å². The van der Waals surface area contributed by atoms with Crippen molar-refractivity contribution < 1.29 is 18.7 Å². The number of hydrogen-bond donors (Lipinski definition) is 0. The van der Waals surface area contributed by atoms with Crippen LogP contribution in [0, 0.1) is 5.82 Å². The van der Waals surface area contributed by atoms with E-state index in [2.05, 4.69) is 0 Å². The first kappa shape index (κ1) is 17.6. The molecule has 3 saturated heterocycles. The summed E-state index contributed by atoms with van der Waals surface area (Å²) in [4.78, 5) is 29.4. The van der Waals surface area contributed by atoms with E-state index in [1.165, 1.54) is 12.1 Å². The van der Waals surface area contributed by atoms with Gasteiger partial charge in [-0.15, -0.1) is 0 Å². The van der Waals surface area contributed by atoms with Crippen molar-refractivity contribution in [3.63, 3.8) is 0 Å². The van der Waals surface area contributed by atoms with Crippen LogP contribution in [-0.4, -0.2) is 46.5 Å². The highest BCUT2D eigenvalue weighted by Crippen LogP contribution is 2.51. The van der Waals surface area contributed by atoms with Gasteiger partial charge in [0.15, 0.2) is 5.72 Å². The van der Waals surface area contributed by atoms with Crippen LogP contribution in [0.1, 0.15) is 34.8 Å². The number of nitrogens with zero attached hydrogens (tertiary/aromatic N) is 2. The Bertz CT molecular complexity index is 949. The molecule has 5 nitrogen and oxygen atoms in total. The zero-order valence-electron chi connectivity index (χ0n) is 15.0. The van der Waals surface area contributed by atoms with Crippen LogP contribution in [0.4, 0.5) is 4.39 Å². The number of rotatable bonds is 2. The lowest BCUT2D eigenvalue weighted by molar-refractivity contribution is -0.138. The molecule has 3 atom stereocenters. The Hall–Kier alpha value is -2.44. The molecule has 144 valence electrons. The van der Waals surface area contributed by atoms with Gasteiger partial charge in [0.1, 0.15) is 5.82 Å². The van der Waals surface area contributed by atoms with Crippen molar-refractivity contribution in [1.82, 2.24) is 9.80 Å². The number of carbonyl (C=O) groups excluding carboxylic acids is 2. The van der Waals surface area contributed by atoms with Gasteiger partial charge < -0.3 is 14.5 Å². The lowest BCUT2D eigenvalue weighted by Crippen LogP contribution is -2.49. The minimum atomic E-state index is -0.801. The number of hydrogen-bond acceptors (Lipinski definition) is 3. The number of halogens is 2. The Kier molecular flexibility index (Phi) is 3.96. The van der Waals surface area contributed by atoms with E-state index < -0.39 is 11.5 Å². The third kappa shape index (κ3) is 2.48. The second-order valence-electron chi connectivity index (χ2n) is 7.47. The lowest BCUT2D eigenvalue weighted by atomic mass is 10.0. The summed E-state index contributed by atoms with van der Waals surface area (Å²) in [5, 5.41) is 0.169. The molecule has 0 saturated carbocycles. The maximum Gasteiger partial charge on any atom is 0.254 e. The second-order valence-corrected chi connectivity index (χ2v) is 7.91. The molecule has 3 fully saturated rings. The molecular formula is C21H18ClFN2O3. The molecule has 2 amide bonds. The number of likely N-dealkylation sites (tertiary alicyclic amines) is 1. The van der Waals surface area contributed by atoms with Crippen molar-refractivity contribution in [3.8, 4) is 0 Å². The molecule has 1 spiro atoms. The summed E-state index contributed by atoms with van der Waals surface area (Å²) in [6.07, 6.45) is 0.750. The molecule has 28 heavy (non-hydrogen) atoms. The normalized spacial score (nSPS) is 28.6. The maximum absolute atomic E-state index is 13.7. The summed E-state index contributed by atoms with van der Waals surface area (Å²) in [7, 11) is 0. The van der Waals surface area contributed by atoms with Crippen LogP contribution in [0.2, 0.25) is 5.02 Å². The molecule has 7 heteroatoms. The first-order valence-corrected chi connectivity index (χ1v) is 9.65. The highest BCUT2D eigenvalue weighted by Gasteiger charge is 2.65. The summed E-state index contributed by atoms with van der Waals surface area (Å²) >= 11 is 5.91. The van der Waals surface area contributed by atoms with E-state index in [9.17, 15) is 14.0 Å². The third-order valence-corrected chi connectivity index (χ3v) is 6.23. The molecule has 3 heterocycles. The first-order chi connectivity index (χ1) is 13.5. The standard InChI is InChI=1S/C21H18ClFN2O3/c22-15-8-14(9-16(23)10-15)20(27)24-7-6-21-18(24)11-19(26)25(21)17(12-28-21)13-4-2-1-3-5-13/h1-5,8-10,17-18H,6-7,11-12H2/t17-,18+,21-/m0/s1. The van der Waals surface area contributed by atoms with Crippen molar-refractivity contribution in [3.05, 3.63) is 70.5 Å². The van der Waals surface area contributed by atoms with Gasteiger partial charge in [-0.2, -0.15) is 0 Å². The van der Waals surface area contributed by atoms with Crippen LogP contribution in [0.15, 0.2) is 48.5 Å². The fourth-order valence-corrected chi connectivity index (χ4v) is 5.07. The van der Waals surface area contributed by atoms with Crippen molar-refractivity contribution in [2.75, 3.05) is 13.2 Å². The van der Waals surface area contributed by atoms with E-state index in [1.54, 1.807) is 4.90 Å². The Morgan fingerprint density at radius 1 is 1.21 bits per heavy atom. The molecule has 0 aliphatic carbocycles. The highest BCUT2D eigenvalue weighted by molar-refractivity contribution is 6.31. The fourth-order valence-electron chi connectivity index (χ4n) is 4.85. The topological polar surface area (TPSA) is 49.9 Å². The largest absolute Gasteiger partial charge is 0.351 e. The van der Waals surface area contributed by atoms with Gasteiger partial charge in [0.05, 0.1) is 25.1 Å². The lowest BCUT2D eigenvalue weighted by Gasteiger charge is -2.33. The Morgan fingerprint density at radius 3 is 2.75 bits per heavy atom. The number of carbonyl (C=O) groups is 2. The summed E-state index contributed by atoms with van der Waals surface area (Å²) in [6, 6.07) is 13.0. The molecule has 2 aromatic rings. The highest BCUT2D eigenvalue weighted by atomic mass is 35.5. The Labute approximate surface area is 166 Å². The van der Waals surface area contributed by atoms with E-state index >= 15 is 0 Å². The molecule has 2 aromatic carbocycles. The van der Waals surface area contributed by atoms with Gasteiger partial charge in [-0.1, -0.05) is 41.9 Å². The summed E-state index contributed by atoms with van der Waals surface area (Å²) < 4.78 is 19.9. The zero-order chi connectivity index (χ0) is 19.5. The van der Waals surface area contributed by atoms with Gasteiger partial charge in [-0.3, -0.25) is 9.59 Å². The number of ether oxygens (including phenoxy) is 1. The molecule has 0 bridgehead atoms. The minimum Gasteiger partial charge on any atom is -0.351 e. The molecule has 0 N–H and O–H groups in total. The van der Waals surface area contributed by atoms with Crippen LogP contribution in [0.25, 0.3) is 0 Å². The zero-order valence-corrected chi connectivity index (χ0v) is 15.7. The van der Waals surface area contributed by atoms with Crippen molar-refractivity contribution in [2.24, 2.45) is 0 Å². The van der Waals surface area contributed by atoms with Crippen LogP contribution < -0.4 is 0 Å². The Balaban J connectivity index is 1.47. The van der Waals surface area contributed by atoms with E-state index in [4.69, 9.17) is 16.3 Å².